The molecule has 3 saturated carbocycles. The standard InChI is InChI=1S/C21H24ClN3O4S/c1-13-12-30-19(23-13)18(28)25-20-6-8-21(9-7-20,16(26)10-20)24-17(27)11-29-15-4-2-14(22)3-5-15/h2-5,12,16,26H,6-11H2,1H3,(H,24,27)(H,25,28)/t16-,20?,21?/m0/s1. The number of hydrogen-bond acceptors (Lipinski definition) is 6. The fourth-order valence-corrected chi connectivity index (χ4v) is 5.22. The number of aryl methyl sites for hydroxylation is 1. The van der Waals surface area contributed by atoms with E-state index in [0.717, 1.165) is 5.69 Å². The monoisotopic (exact) mass is 449 g/mol. The maximum absolute atomic E-state index is 12.6. The van der Waals surface area contributed by atoms with Crippen LogP contribution in [0.1, 0.15) is 47.6 Å². The Morgan fingerprint density at radius 2 is 1.93 bits per heavy atom. The zero-order chi connectivity index (χ0) is 21.4. The van der Waals surface area contributed by atoms with Gasteiger partial charge in [0.2, 0.25) is 0 Å². The third-order valence-electron chi connectivity index (χ3n) is 6.09. The first-order chi connectivity index (χ1) is 14.3. The topological polar surface area (TPSA) is 101 Å². The number of thiazole rings is 1. The Bertz CT molecular complexity index is 938. The number of aliphatic hydroxyl groups is 1. The molecular formula is C21H24ClN3O4S. The van der Waals surface area contributed by atoms with Crippen LogP contribution in [-0.4, -0.2) is 45.7 Å². The Morgan fingerprint density at radius 3 is 2.53 bits per heavy atom. The van der Waals surface area contributed by atoms with E-state index >= 15 is 0 Å². The Kier molecular flexibility index (Phi) is 5.74. The lowest BCUT2D eigenvalue weighted by Crippen LogP contribution is -2.70. The number of benzene rings is 1. The first-order valence-electron chi connectivity index (χ1n) is 9.91. The molecule has 2 amide bonds. The van der Waals surface area contributed by atoms with Gasteiger partial charge in [0, 0.05) is 21.6 Å². The van der Waals surface area contributed by atoms with Crippen LogP contribution in [0.4, 0.5) is 0 Å². The first kappa shape index (κ1) is 21.1. The number of fused-ring (bicyclic) bond motifs is 3. The molecule has 5 rings (SSSR count). The number of carbonyl (C=O) groups excluding carboxylic acids is 2. The molecule has 160 valence electrons. The maximum Gasteiger partial charge on any atom is 0.280 e. The summed E-state index contributed by atoms with van der Waals surface area (Å²) in [6.07, 6.45) is 2.24. The number of carbonyl (C=O) groups is 2. The molecule has 2 aromatic rings. The normalized spacial score (nSPS) is 27.5. The molecule has 0 aliphatic heterocycles. The molecule has 3 N–H and O–H groups in total. The van der Waals surface area contributed by atoms with Gasteiger partial charge in [0.05, 0.1) is 11.6 Å². The highest BCUT2D eigenvalue weighted by Crippen LogP contribution is 2.47. The fourth-order valence-electron chi connectivity index (χ4n) is 4.41. The summed E-state index contributed by atoms with van der Waals surface area (Å²) in [5.41, 5.74) is -0.315. The van der Waals surface area contributed by atoms with Gasteiger partial charge in [-0.05, 0) is 63.3 Å². The van der Waals surface area contributed by atoms with Gasteiger partial charge in [0.1, 0.15) is 5.75 Å². The van der Waals surface area contributed by atoms with E-state index in [1.807, 2.05) is 12.3 Å². The number of nitrogens with one attached hydrogen (secondary N) is 2. The third-order valence-corrected chi connectivity index (χ3v) is 7.30. The minimum absolute atomic E-state index is 0.138. The predicted molar refractivity (Wildman–Crippen MR) is 114 cm³/mol. The van der Waals surface area contributed by atoms with Gasteiger partial charge in [0.15, 0.2) is 11.6 Å². The molecule has 3 aliphatic rings. The van der Waals surface area contributed by atoms with Crippen molar-refractivity contribution in [2.24, 2.45) is 0 Å². The number of nitrogens with zero attached hydrogens (tertiary/aromatic N) is 1. The molecule has 3 fully saturated rings. The van der Waals surface area contributed by atoms with Crippen LogP contribution in [0.5, 0.6) is 5.75 Å². The van der Waals surface area contributed by atoms with Crippen LogP contribution in [0.2, 0.25) is 5.02 Å². The van der Waals surface area contributed by atoms with E-state index in [9.17, 15) is 14.7 Å². The molecule has 9 heteroatoms. The molecular weight excluding hydrogens is 426 g/mol. The lowest BCUT2D eigenvalue weighted by atomic mass is 9.60. The zero-order valence-electron chi connectivity index (χ0n) is 16.6. The summed E-state index contributed by atoms with van der Waals surface area (Å²) in [5, 5.41) is 19.8. The summed E-state index contributed by atoms with van der Waals surface area (Å²) in [6, 6.07) is 6.79. The number of hydrogen-bond donors (Lipinski definition) is 3. The minimum Gasteiger partial charge on any atom is -0.484 e. The van der Waals surface area contributed by atoms with E-state index in [-0.39, 0.29) is 18.4 Å². The summed E-state index contributed by atoms with van der Waals surface area (Å²) in [5.74, 6) is 0.0786. The molecule has 1 aromatic carbocycles. The molecule has 1 aromatic heterocycles. The van der Waals surface area contributed by atoms with Crippen molar-refractivity contribution in [1.29, 1.82) is 0 Å². The second-order valence-corrected chi connectivity index (χ2v) is 9.49. The van der Waals surface area contributed by atoms with E-state index in [0.29, 0.717) is 47.9 Å². The highest BCUT2D eigenvalue weighted by Gasteiger charge is 2.55. The highest BCUT2D eigenvalue weighted by atomic mass is 35.5. The molecule has 1 heterocycles. The van der Waals surface area contributed by atoms with E-state index in [2.05, 4.69) is 15.6 Å². The average molecular weight is 450 g/mol. The number of amides is 2. The fraction of sp³-hybridized carbons (Fsp3) is 0.476. The molecule has 1 atom stereocenters. The van der Waals surface area contributed by atoms with Crippen molar-refractivity contribution in [3.05, 3.63) is 45.4 Å². The van der Waals surface area contributed by atoms with Gasteiger partial charge in [-0.25, -0.2) is 4.98 Å². The van der Waals surface area contributed by atoms with Gasteiger partial charge < -0.3 is 20.5 Å². The molecule has 0 radical (unpaired) electrons. The van der Waals surface area contributed by atoms with E-state index in [1.54, 1.807) is 24.3 Å². The van der Waals surface area contributed by atoms with Gasteiger partial charge in [0.25, 0.3) is 11.8 Å². The molecule has 7 nitrogen and oxygen atoms in total. The smallest absolute Gasteiger partial charge is 0.280 e. The number of aliphatic hydroxyl groups excluding tert-OH is 1. The van der Waals surface area contributed by atoms with Crippen LogP contribution in [0, 0.1) is 6.92 Å². The zero-order valence-corrected chi connectivity index (χ0v) is 18.2. The summed E-state index contributed by atoms with van der Waals surface area (Å²) < 4.78 is 5.51. The molecule has 2 bridgehead atoms. The summed E-state index contributed by atoms with van der Waals surface area (Å²) >= 11 is 7.16. The lowest BCUT2D eigenvalue weighted by molar-refractivity contribution is -0.132. The van der Waals surface area contributed by atoms with Crippen molar-refractivity contribution in [1.82, 2.24) is 15.6 Å². The molecule has 3 aliphatic carbocycles. The Hall–Kier alpha value is -2.16. The number of aromatic nitrogens is 1. The maximum atomic E-state index is 12.6. The average Bonchev–Trinajstić information content (AvgIpc) is 3.15. The van der Waals surface area contributed by atoms with Crippen molar-refractivity contribution in [2.75, 3.05) is 6.61 Å². The molecule has 0 spiro atoms. The summed E-state index contributed by atoms with van der Waals surface area (Å²) in [6.45, 7) is 1.71. The van der Waals surface area contributed by atoms with Gasteiger partial charge >= 0.3 is 0 Å². The van der Waals surface area contributed by atoms with Crippen molar-refractivity contribution in [3.63, 3.8) is 0 Å². The van der Waals surface area contributed by atoms with Crippen LogP contribution in [0.25, 0.3) is 0 Å². The van der Waals surface area contributed by atoms with Crippen LogP contribution in [0.3, 0.4) is 0 Å². The molecule has 0 unspecified atom stereocenters. The Labute approximate surface area is 183 Å². The van der Waals surface area contributed by atoms with Gasteiger partial charge in [-0.2, -0.15) is 0 Å². The number of rotatable bonds is 6. The van der Waals surface area contributed by atoms with Crippen molar-refractivity contribution in [3.8, 4) is 5.75 Å². The summed E-state index contributed by atoms with van der Waals surface area (Å²) in [7, 11) is 0. The second-order valence-electron chi connectivity index (χ2n) is 8.20. The largest absolute Gasteiger partial charge is 0.484 e. The number of ether oxygens (including phenoxy) is 1. The molecule has 0 saturated heterocycles. The highest BCUT2D eigenvalue weighted by molar-refractivity contribution is 7.11. The lowest BCUT2D eigenvalue weighted by Gasteiger charge is -2.56. The van der Waals surface area contributed by atoms with Crippen molar-refractivity contribution < 1.29 is 19.4 Å². The number of halogens is 1. The van der Waals surface area contributed by atoms with Gasteiger partial charge in [-0.15, -0.1) is 11.3 Å². The minimum atomic E-state index is -0.738. The molecule has 30 heavy (non-hydrogen) atoms. The van der Waals surface area contributed by atoms with Crippen LogP contribution in [-0.2, 0) is 4.79 Å². The quantitative estimate of drug-likeness (QED) is 0.629. The third kappa shape index (κ3) is 4.31. The Morgan fingerprint density at radius 1 is 1.23 bits per heavy atom. The predicted octanol–water partition coefficient (Wildman–Crippen LogP) is 2.85. The van der Waals surface area contributed by atoms with Crippen LogP contribution < -0.4 is 15.4 Å². The first-order valence-corrected chi connectivity index (χ1v) is 11.2. The van der Waals surface area contributed by atoms with Crippen LogP contribution in [0.15, 0.2) is 29.6 Å². The van der Waals surface area contributed by atoms with E-state index in [1.165, 1.54) is 11.3 Å². The van der Waals surface area contributed by atoms with Gasteiger partial charge in [-0.1, -0.05) is 11.6 Å². The SMILES string of the molecule is Cc1csc(C(=O)NC23CCC(NC(=O)COc4ccc(Cl)cc4)(CC2)[C@@H](O)C3)n1. The van der Waals surface area contributed by atoms with E-state index in [4.69, 9.17) is 16.3 Å². The second kappa shape index (κ2) is 8.17. The summed E-state index contributed by atoms with van der Waals surface area (Å²) in [4.78, 5) is 29.3. The van der Waals surface area contributed by atoms with Crippen LogP contribution >= 0.6 is 22.9 Å². The van der Waals surface area contributed by atoms with Crippen molar-refractivity contribution >= 4 is 34.8 Å². The Balaban J connectivity index is 1.34. The van der Waals surface area contributed by atoms with E-state index < -0.39 is 17.2 Å². The van der Waals surface area contributed by atoms with Gasteiger partial charge in [-0.3, -0.25) is 9.59 Å². The van der Waals surface area contributed by atoms with Crippen molar-refractivity contribution in [2.45, 2.75) is 56.2 Å².